The van der Waals surface area contributed by atoms with E-state index in [1.165, 1.54) is 4.90 Å². The number of hydrogen-bond donors (Lipinski definition) is 2. The number of nitrogens with one attached hydrogen (secondary N) is 2. The Hall–Kier alpha value is -2.28. The fraction of sp³-hybridized carbons (Fsp3) is 0.238. The van der Waals surface area contributed by atoms with Gasteiger partial charge in [0.1, 0.15) is 11.8 Å². The van der Waals surface area contributed by atoms with Crippen LogP contribution in [0.4, 0.5) is 5.82 Å². The van der Waals surface area contributed by atoms with Crippen molar-refractivity contribution < 1.29 is 9.32 Å². The Balaban J connectivity index is 1.62. The van der Waals surface area contributed by atoms with E-state index in [0.29, 0.717) is 16.6 Å². The van der Waals surface area contributed by atoms with Crippen molar-refractivity contribution in [3.8, 4) is 0 Å². The number of fused-ring (bicyclic) bond motifs is 1. The van der Waals surface area contributed by atoms with Crippen molar-refractivity contribution in [1.29, 1.82) is 0 Å². The summed E-state index contributed by atoms with van der Waals surface area (Å²) in [5.74, 6) is 1.86. The molecule has 1 aliphatic heterocycles. The van der Waals surface area contributed by atoms with Gasteiger partial charge in [-0.25, -0.2) is 0 Å². The molecular weight excluding hydrogens is 394 g/mol. The molecule has 0 saturated heterocycles. The second-order valence-corrected chi connectivity index (χ2v) is 8.27. The van der Waals surface area contributed by atoms with Crippen LogP contribution in [-0.4, -0.2) is 16.8 Å². The number of halogens is 1. The highest BCUT2D eigenvalue weighted by atomic mass is 35.5. The van der Waals surface area contributed by atoms with Crippen LogP contribution in [0, 0.1) is 6.92 Å². The number of carbonyl (C=O) groups is 1. The number of aryl methyl sites for hydroxylation is 1. The first-order valence-corrected chi connectivity index (χ1v) is 10.4. The molecule has 0 fully saturated rings. The second kappa shape index (κ2) is 8.39. The maximum absolute atomic E-state index is 13.1. The molecule has 0 radical (unpaired) electrons. The molecule has 1 aliphatic rings. The minimum Gasteiger partial charge on any atom is -0.360 e. The van der Waals surface area contributed by atoms with Crippen LogP contribution in [0.5, 0.6) is 0 Å². The summed E-state index contributed by atoms with van der Waals surface area (Å²) >= 11 is 8.05. The van der Waals surface area contributed by atoms with E-state index in [9.17, 15) is 4.79 Å². The van der Waals surface area contributed by atoms with Gasteiger partial charge in [-0.3, -0.25) is 10.1 Å². The molecule has 28 heavy (non-hydrogen) atoms. The van der Waals surface area contributed by atoms with E-state index >= 15 is 0 Å². The van der Waals surface area contributed by atoms with Crippen LogP contribution in [0.1, 0.15) is 35.4 Å². The lowest BCUT2D eigenvalue weighted by Crippen LogP contribution is -2.36. The smallest absolute Gasteiger partial charge is 0.247 e. The van der Waals surface area contributed by atoms with Gasteiger partial charge in [0.2, 0.25) is 5.91 Å². The van der Waals surface area contributed by atoms with Gasteiger partial charge in [-0.1, -0.05) is 47.1 Å². The first-order valence-electron chi connectivity index (χ1n) is 9.07. The monoisotopic (exact) mass is 413 g/mol. The first-order chi connectivity index (χ1) is 13.6. The fourth-order valence-corrected chi connectivity index (χ4v) is 4.62. The topological polar surface area (TPSA) is 67.2 Å². The first kappa shape index (κ1) is 19.1. The molecule has 2 heterocycles. The lowest BCUT2D eigenvalue weighted by Gasteiger charge is -2.30. The summed E-state index contributed by atoms with van der Waals surface area (Å²) < 4.78 is 5.06. The molecule has 2 aromatic carbocycles. The number of hydrogen-bond acceptors (Lipinski definition) is 5. The predicted molar refractivity (Wildman–Crippen MR) is 112 cm³/mol. The van der Waals surface area contributed by atoms with Crippen molar-refractivity contribution in [2.24, 2.45) is 0 Å². The molecule has 3 aromatic rings. The number of rotatable bonds is 5. The van der Waals surface area contributed by atoms with E-state index in [0.717, 1.165) is 23.3 Å². The van der Waals surface area contributed by atoms with Crippen LogP contribution >= 0.6 is 23.4 Å². The van der Waals surface area contributed by atoms with Crippen molar-refractivity contribution in [2.45, 2.75) is 30.3 Å². The standard InChI is InChI=1S/C21H20ClN3O2S/c1-13-11-19(25-27-13)24-21(26)20(14-5-3-2-4-6-14)23-17-9-10-28-18-8-7-15(22)12-16(17)18/h2-8,11-12,17,20,23H,9-10H2,1H3,(H,24,25,26)/t17-,20+/m1/s1. The highest BCUT2D eigenvalue weighted by Crippen LogP contribution is 2.38. The quantitative estimate of drug-likeness (QED) is 0.606. The molecule has 2 N–H and O–H groups in total. The number of benzene rings is 2. The zero-order valence-electron chi connectivity index (χ0n) is 15.3. The summed E-state index contributed by atoms with van der Waals surface area (Å²) in [4.78, 5) is 14.3. The Kier molecular flexibility index (Phi) is 5.71. The largest absolute Gasteiger partial charge is 0.360 e. The van der Waals surface area contributed by atoms with Gasteiger partial charge in [0.25, 0.3) is 0 Å². The summed E-state index contributed by atoms with van der Waals surface area (Å²) in [6.45, 7) is 1.79. The third kappa shape index (κ3) is 4.24. The zero-order chi connectivity index (χ0) is 19.5. The van der Waals surface area contributed by atoms with Crippen LogP contribution in [0.25, 0.3) is 0 Å². The Bertz CT molecular complexity index is 977. The van der Waals surface area contributed by atoms with Gasteiger partial charge in [0.05, 0.1) is 0 Å². The molecule has 5 nitrogen and oxygen atoms in total. The van der Waals surface area contributed by atoms with E-state index in [-0.39, 0.29) is 11.9 Å². The number of nitrogens with zero attached hydrogens (tertiary/aromatic N) is 1. The average molecular weight is 414 g/mol. The normalized spacial score (nSPS) is 17.0. The summed E-state index contributed by atoms with van der Waals surface area (Å²) in [5, 5.41) is 11.0. The molecule has 2 atom stereocenters. The van der Waals surface area contributed by atoms with Crippen molar-refractivity contribution in [1.82, 2.24) is 10.5 Å². The lowest BCUT2D eigenvalue weighted by molar-refractivity contribution is -0.118. The maximum Gasteiger partial charge on any atom is 0.247 e. The Morgan fingerprint density at radius 1 is 1.25 bits per heavy atom. The van der Waals surface area contributed by atoms with Crippen molar-refractivity contribution in [2.75, 3.05) is 11.1 Å². The fourth-order valence-electron chi connectivity index (χ4n) is 3.33. The number of carbonyl (C=O) groups excluding carboxylic acids is 1. The van der Waals surface area contributed by atoms with Crippen LogP contribution in [0.15, 0.2) is 64.0 Å². The van der Waals surface area contributed by atoms with Crippen molar-refractivity contribution in [3.05, 3.63) is 76.5 Å². The maximum atomic E-state index is 13.1. The second-order valence-electron chi connectivity index (χ2n) is 6.69. The molecular formula is C21H20ClN3O2S. The molecule has 0 spiro atoms. The van der Waals surface area contributed by atoms with Crippen LogP contribution in [-0.2, 0) is 4.79 Å². The summed E-state index contributed by atoms with van der Waals surface area (Å²) in [6.07, 6.45) is 0.914. The summed E-state index contributed by atoms with van der Waals surface area (Å²) in [5.41, 5.74) is 2.02. The van der Waals surface area contributed by atoms with Gasteiger partial charge in [-0.2, -0.15) is 0 Å². The van der Waals surface area contributed by atoms with Crippen molar-refractivity contribution >= 4 is 35.1 Å². The highest BCUT2D eigenvalue weighted by molar-refractivity contribution is 7.99. The number of aromatic nitrogens is 1. The van der Waals surface area contributed by atoms with Gasteiger partial charge in [0.15, 0.2) is 5.82 Å². The number of anilines is 1. The molecule has 1 aromatic heterocycles. The molecule has 4 rings (SSSR count). The molecule has 0 aliphatic carbocycles. The van der Waals surface area contributed by atoms with E-state index in [1.807, 2.05) is 60.3 Å². The lowest BCUT2D eigenvalue weighted by atomic mass is 9.99. The minimum absolute atomic E-state index is 0.0324. The highest BCUT2D eigenvalue weighted by Gasteiger charge is 2.28. The summed E-state index contributed by atoms with van der Waals surface area (Å²) in [7, 11) is 0. The molecule has 1 amide bonds. The molecule has 0 bridgehead atoms. The molecule has 144 valence electrons. The van der Waals surface area contributed by atoms with Gasteiger partial charge in [0, 0.05) is 22.0 Å². The van der Waals surface area contributed by atoms with E-state index < -0.39 is 6.04 Å². The van der Waals surface area contributed by atoms with Crippen LogP contribution in [0.3, 0.4) is 0 Å². The van der Waals surface area contributed by atoms with Crippen LogP contribution in [0.2, 0.25) is 5.02 Å². The predicted octanol–water partition coefficient (Wildman–Crippen LogP) is 5.14. The van der Waals surface area contributed by atoms with E-state index in [4.69, 9.17) is 16.1 Å². The Labute approximate surface area is 172 Å². The van der Waals surface area contributed by atoms with Gasteiger partial charge in [-0.15, -0.1) is 11.8 Å². The molecule has 0 unspecified atom stereocenters. The van der Waals surface area contributed by atoms with Gasteiger partial charge < -0.3 is 9.84 Å². The SMILES string of the molecule is Cc1cc(NC(=O)[C@@H](N[C@@H]2CCSc3ccc(Cl)cc32)c2ccccc2)no1. The molecule has 0 saturated carbocycles. The van der Waals surface area contributed by atoms with E-state index in [2.05, 4.69) is 15.8 Å². The average Bonchev–Trinajstić information content (AvgIpc) is 3.11. The number of thioether (sulfide) groups is 1. The molecule has 7 heteroatoms. The minimum atomic E-state index is -0.530. The zero-order valence-corrected chi connectivity index (χ0v) is 16.9. The number of amides is 1. The van der Waals surface area contributed by atoms with Crippen LogP contribution < -0.4 is 10.6 Å². The van der Waals surface area contributed by atoms with Gasteiger partial charge in [-0.05, 0) is 48.4 Å². The van der Waals surface area contributed by atoms with Crippen molar-refractivity contribution in [3.63, 3.8) is 0 Å². The Morgan fingerprint density at radius 3 is 2.82 bits per heavy atom. The van der Waals surface area contributed by atoms with E-state index in [1.54, 1.807) is 13.0 Å². The Morgan fingerprint density at radius 2 is 2.07 bits per heavy atom. The third-order valence-electron chi connectivity index (χ3n) is 4.65. The van der Waals surface area contributed by atoms with Gasteiger partial charge >= 0.3 is 0 Å². The summed E-state index contributed by atoms with van der Waals surface area (Å²) in [6, 6.07) is 16.8. The third-order valence-corrected chi connectivity index (χ3v) is 6.01.